The second kappa shape index (κ2) is 7.70. The monoisotopic (exact) mass is 348 g/mol. The van der Waals surface area contributed by atoms with Crippen LogP contribution >= 0.6 is 23.2 Å². The highest BCUT2D eigenvalue weighted by Gasteiger charge is 2.61. The van der Waals surface area contributed by atoms with E-state index in [2.05, 4.69) is 0 Å². The number of hydrogen-bond donors (Lipinski definition) is 0. The summed E-state index contributed by atoms with van der Waals surface area (Å²) in [4.78, 5) is 1.76. The van der Waals surface area contributed by atoms with Crippen molar-refractivity contribution in [3.05, 3.63) is 0 Å². The van der Waals surface area contributed by atoms with Crippen molar-refractivity contribution in [3.63, 3.8) is 0 Å². The molecule has 0 N–H and O–H groups in total. The number of rotatable bonds is 8. The second-order valence-electron chi connectivity index (χ2n) is 5.20. The molecule has 0 aromatic heterocycles. The van der Waals surface area contributed by atoms with Crippen molar-refractivity contribution < 1.29 is 18.3 Å². The molecule has 8 heteroatoms. The van der Waals surface area contributed by atoms with E-state index in [-0.39, 0.29) is 31.8 Å². The van der Waals surface area contributed by atoms with Crippen LogP contribution in [0.15, 0.2) is 0 Å². The van der Waals surface area contributed by atoms with E-state index in [1.165, 1.54) is 14.2 Å². The molecular formula is C13H24Cl2F2N2O2. The lowest BCUT2D eigenvalue weighted by Crippen LogP contribution is -2.52. The molecule has 126 valence electrons. The fraction of sp³-hybridized carbons (Fsp3) is 1.00. The predicted octanol–water partition coefficient (Wildman–Crippen LogP) is 3.14. The van der Waals surface area contributed by atoms with Gasteiger partial charge in [0.2, 0.25) is 0 Å². The highest BCUT2D eigenvalue weighted by Crippen LogP contribution is 2.45. The zero-order valence-electron chi connectivity index (χ0n) is 12.9. The summed E-state index contributed by atoms with van der Waals surface area (Å²) in [6.07, 6.45) is -2.64. The molecule has 0 amide bonds. The molecule has 2 unspecified atom stereocenters. The first-order valence-electron chi connectivity index (χ1n) is 7.06. The smallest absolute Gasteiger partial charge is 0.372 e. The summed E-state index contributed by atoms with van der Waals surface area (Å²) in [7, 11) is 3.00. The van der Waals surface area contributed by atoms with Gasteiger partial charge in [-0.25, -0.2) is 4.90 Å². The number of hydrogen-bond acceptors (Lipinski definition) is 4. The minimum absolute atomic E-state index is 0.0345. The Kier molecular flexibility index (Phi) is 7.09. The van der Waals surface area contributed by atoms with Gasteiger partial charge in [-0.3, -0.25) is 0 Å². The van der Waals surface area contributed by atoms with E-state index in [9.17, 15) is 8.78 Å². The molecular weight excluding hydrogens is 325 g/mol. The SMILES string of the molecule is CCC(CN1CC(Cl)(Cl)N(CC(CC)OC)C1(F)F)OC. The third-order valence-electron chi connectivity index (χ3n) is 3.87. The van der Waals surface area contributed by atoms with E-state index in [4.69, 9.17) is 32.7 Å². The Morgan fingerprint density at radius 2 is 1.52 bits per heavy atom. The summed E-state index contributed by atoms with van der Waals surface area (Å²) in [5.41, 5.74) is 0. The van der Waals surface area contributed by atoms with Crippen LogP contribution in [0.1, 0.15) is 26.7 Å². The van der Waals surface area contributed by atoms with Crippen LogP contribution in [-0.2, 0) is 9.47 Å². The van der Waals surface area contributed by atoms with Crippen LogP contribution in [0.5, 0.6) is 0 Å². The highest BCUT2D eigenvalue weighted by atomic mass is 35.5. The Morgan fingerprint density at radius 3 is 1.95 bits per heavy atom. The molecule has 0 radical (unpaired) electrons. The molecule has 0 aromatic carbocycles. The maximum Gasteiger partial charge on any atom is 0.372 e. The van der Waals surface area contributed by atoms with Crippen LogP contribution in [0.4, 0.5) is 8.78 Å². The average Bonchev–Trinajstić information content (AvgIpc) is 2.59. The van der Waals surface area contributed by atoms with Crippen molar-refractivity contribution in [1.29, 1.82) is 0 Å². The molecule has 4 nitrogen and oxygen atoms in total. The molecule has 0 aliphatic carbocycles. The van der Waals surface area contributed by atoms with Crippen LogP contribution < -0.4 is 0 Å². The first kappa shape index (κ1) is 19.3. The Morgan fingerprint density at radius 1 is 1.05 bits per heavy atom. The molecule has 21 heavy (non-hydrogen) atoms. The first-order valence-corrected chi connectivity index (χ1v) is 7.82. The van der Waals surface area contributed by atoms with Gasteiger partial charge in [0.05, 0.1) is 18.8 Å². The summed E-state index contributed by atoms with van der Waals surface area (Å²) in [6.45, 7) is 3.63. The fourth-order valence-electron chi connectivity index (χ4n) is 2.39. The van der Waals surface area contributed by atoms with Crippen molar-refractivity contribution >= 4 is 23.2 Å². The largest absolute Gasteiger partial charge is 0.380 e. The lowest BCUT2D eigenvalue weighted by Gasteiger charge is -2.34. The van der Waals surface area contributed by atoms with Crippen LogP contribution in [0.25, 0.3) is 0 Å². The van der Waals surface area contributed by atoms with E-state index in [1.807, 2.05) is 13.8 Å². The molecule has 1 rings (SSSR count). The van der Waals surface area contributed by atoms with Gasteiger partial charge in [-0.05, 0) is 12.8 Å². The summed E-state index contributed by atoms with van der Waals surface area (Å²) < 4.78 is 37.9. The second-order valence-corrected chi connectivity index (χ2v) is 6.64. The molecule has 1 aliphatic rings. The van der Waals surface area contributed by atoms with Crippen molar-refractivity contribution in [2.24, 2.45) is 0 Å². The third kappa shape index (κ3) is 4.39. The maximum atomic E-state index is 14.6. The van der Waals surface area contributed by atoms with Crippen molar-refractivity contribution in [2.75, 3.05) is 33.9 Å². The minimum Gasteiger partial charge on any atom is -0.380 e. The van der Waals surface area contributed by atoms with Crippen molar-refractivity contribution in [1.82, 2.24) is 9.80 Å². The quantitative estimate of drug-likeness (QED) is 0.497. The van der Waals surface area contributed by atoms with Crippen LogP contribution in [-0.4, -0.2) is 66.5 Å². The molecule has 1 fully saturated rings. The maximum absolute atomic E-state index is 14.6. The van der Waals surface area contributed by atoms with E-state index in [0.717, 1.165) is 9.80 Å². The van der Waals surface area contributed by atoms with E-state index in [1.54, 1.807) is 0 Å². The van der Waals surface area contributed by atoms with E-state index < -0.39 is 10.6 Å². The van der Waals surface area contributed by atoms with Crippen molar-refractivity contribution in [3.8, 4) is 0 Å². The Hall–Kier alpha value is 0.280. The Labute approximate surface area is 135 Å². The third-order valence-corrected chi connectivity index (χ3v) is 4.52. The fourth-order valence-corrected chi connectivity index (χ4v) is 3.02. The van der Waals surface area contributed by atoms with Gasteiger partial charge in [-0.15, -0.1) is 0 Å². The average molecular weight is 349 g/mol. The number of nitrogens with zero attached hydrogens (tertiary/aromatic N) is 2. The Balaban J connectivity index is 2.88. The zero-order valence-corrected chi connectivity index (χ0v) is 14.4. The molecule has 0 saturated carbocycles. The standard InChI is InChI=1S/C13H24Cl2F2N2O2/c1-5-10(20-3)7-18-9-12(14,15)19(13(18,16)17)8-11(6-2)21-4/h10-11H,5-9H2,1-4H3. The number of alkyl halides is 4. The molecule has 2 atom stereocenters. The lowest BCUT2D eigenvalue weighted by atomic mass is 10.2. The summed E-state index contributed by atoms with van der Waals surface area (Å²) in [5, 5.41) is 0. The highest BCUT2D eigenvalue weighted by molar-refractivity contribution is 6.48. The van der Waals surface area contributed by atoms with Crippen LogP contribution in [0, 0.1) is 0 Å². The van der Waals surface area contributed by atoms with Gasteiger partial charge in [0.25, 0.3) is 0 Å². The molecule has 0 spiro atoms. The van der Waals surface area contributed by atoms with E-state index >= 15 is 0 Å². The topological polar surface area (TPSA) is 24.9 Å². The number of halogens is 4. The molecule has 1 aliphatic heterocycles. The van der Waals surface area contributed by atoms with Crippen LogP contribution in [0.3, 0.4) is 0 Å². The van der Waals surface area contributed by atoms with Gasteiger partial charge in [0.15, 0.2) is 4.46 Å². The first-order chi connectivity index (χ1) is 9.72. The Bertz CT molecular complexity index is 327. The van der Waals surface area contributed by atoms with Gasteiger partial charge in [0, 0.05) is 27.3 Å². The van der Waals surface area contributed by atoms with Gasteiger partial charge in [0.1, 0.15) is 0 Å². The molecule has 0 bridgehead atoms. The van der Waals surface area contributed by atoms with Crippen molar-refractivity contribution in [2.45, 2.75) is 49.5 Å². The molecule has 0 aromatic rings. The van der Waals surface area contributed by atoms with E-state index in [0.29, 0.717) is 12.8 Å². The number of ether oxygens (including phenoxy) is 2. The van der Waals surface area contributed by atoms with Gasteiger partial charge in [-0.1, -0.05) is 37.0 Å². The van der Waals surface area contributed by atoms with Gasteiger partial charge >= 0.3 is 6.17 Å². The van der Waals surface area contributed by atoms with Gasteiger partial charge in [-0.2, -0.15) is 13.7 Å². The summed E-state index contributed by atoms with van der Waals surface area (Å²) in [6, 6.07) is 0. The zero-order chi connectivity index (χ0) is 16.3. The predicted molar refractivity (Wildman–Crippen MR) is 79.8 cm³/mol. The molecule has 1 saturated heterocycles. The summed E-state index contributed by atoms with van der Waals surface area (Å²) >= 11 is 12.2. The van der Waals surface area contributed by atoms with Crippen LogP contribution in [0.2, 0.25) is 0 Å². The molecule has 1 heterocycles. The minimum atomic E-state index is -3.23. The van der Waals surface area contributed by atoms with Gasteiger partial charge < -0.3 is 9.47 Å². The summed E-state index contributed by atoms with van der Waals surface area (Å²) in [5.74, 6) is 0. The lowest BCUT2D eigenvalue weighted by molar-refractivity contribution is -0.226. The normalized spacial score (nSPS) is 25.1. The number of methoxy groups -OCH3 is 2.